The second-order valence-electron chi connectivity index (χ2n) is 4.43. The molecule has 1 atom stereocenters. The molecule has 1 unspecified atom stereocenters. The van der Waals surface area contributed by atoms with Crippen LogP contribution in [-0.4, -0.2) is 7.11 Å². The highest BCUT2D eigenvalue weighted by Gasteiger charge is 2.14. The van der Waals surface area contributed by atoms with Crippen molar-refractivity contribution in [2.75, 3.05) is 7.11 Å². The normalized spacial score (nSPS) is 12.2. The number of hydrogen-bond donors (Lipinski definition) is 1. The molecule has 5 heteroatoms. The molecule has 106 valence electrons. The second-order valence-corrected chi connectivity index (χ2v) is 6.67. The predicted octanol–water partition coefficient (Wildman–Crippen LogP) is 5.12. The lowest BCUT2D eigenvalue weighted by Gasteiger charge is -2.16. The van der Waals surface area contributed by atoms with Crippen molar-refractivity contribution in [1.82, 2.24) is 0 Å². The van der Waals surface area contributed by atoms with E-state index in [0.717, 1.165) is 25.8 Å². The molecule has 2 aromatic carbocycles. The van der Waals surface area contributed by atoms with Crippen LogP contribution in [0.25, 0.3) is 0 Å². The summed E-state index contributed by atoms with van der Waals surface area (Å²) < 4.78 is 7.31. The van der Waals surface area contributed by atoms with Crippen LogP contribution < -0.4 is 10.5 Å². The summed E-state index contributed by atoms with van der Waals surface area (Å²) in [6.45, 7) is 0. The fraction of sp³-hybridized carbons (Fsp3) is 0.200. The molecule has 2 nitrogen and oxygen atoms in total. The van der Waals surface area contributed by atoms with Crippen LogP contribution in [-0.2, 0) is 6.42 Å². The molecule has 0 aliphatic carbocycles. The monoisotopic (exact) mass is 417 g/mol. The lowest BCUT2D eigenvalue weighted by atomic mass is 9.99. The van der Waals surface area contributed by atoms with E-state index >= 15 is 0 Å². The molecule has 0 aromatic heterocycles. The average molecular weight is 420 g/mol. The van der Waals surface area contributed by atoms with Crippen LogP contribution >= 0.6 is 43.5 Å². The minimum absolute atomic E-state index is 0.182. The van der Waals surface area contributed by atoms with Gasteiger partial charge in [-0.1, -0.05) is 49.5 Å². The molecule has 0 aliphatic heterocycles. The lowest BCUT2D eigenvalue weighted by molar-refractivity contribution is 0.408. The van der Waals surface area contributed by atoms with E-state index in [1.807, 2.05) is 36.4 Å². The minimum Gasteiger partial charge on any atom is -0.496 e. The third kappa shape index (κ3) is 3.76. The van der Waals surface area contributed by atoms with E-state index in [0.29, 0.717) is 11.4 Å². The molecular formula is C15H14Br2ClNO. The van der Waals surface area contributed by atoms with Crippen LogP contribution in [0, 0.1) is 0 Å². The third-order valence-corrected chi connectivity index (χ3v) is 4.36. The maximum absolute atomic E-state index is 6.28. The molecule has 0 fully saturated rings. The van der Waals surface area contributed by atoms with Crippen LogP contribution in [0.4, 0.5) is 0 Å². The fourth-order valence-corrected chi connectivity index (χ4v) is 3.28. The zero-order valence-corrected chi connectivity index (χ0v) is 14.8. The Morgan fingerprint density at radius 3 is 2.45 bits per heavy atom. The number of hydrogen-bond acceptors (Lipinski definition) is 2. The number of rotatable bonds is 4. The predicted molar refractivity (Wildman–Crippen MR) is 90.5 cm³/mol. The zero-order valence-electron chi connectivity index (χ0n) is 10.9. The van der Waals surface area contributed by atoms with Crippen molar-refractivity contribution in [3.63, 3.8) is 0 Å². The van der Waals surface area contributed by atoms with Crippen molar-refractivity contribution in [1.29, 1.82) is 0 Å². The van der Waals surface area contributed by atoms with Gasteiger partial charge in [0, 0.05) is 20.0 Å². The number of methoxy groups -OCH3 is 1. The van der Waals surface area contributed by atoms with E-state index in [-0.39, 0.29) is 6.04 Å². The van der Waals surface area contributed by atoms with E-state index in [1.165, 1.54) is 0 Å². The van der Waals surface area contributed by atoms with E-state index < -0.39 is 0 Å². The van der Waals surface area contributed by atoms with Crippen molar-refractivity contribution >= 4 is 43.5 Å². The third-order valence-electron chi connectivity index (χ3n) is 3.04. The highest BCUT2D eigenvalue weighted by molar-refractivity contribution is 9.10. The van der Waals surface area contributed by atoms with Crippen LogP contribution in [0.15, 0.2) is 45.3 Å². The van der Waals surface area contributed by atoms with Gasteiger partial charge in [0.15, 0.2) is 0 Å². The van der Waals surface area contributed by atoms with Gasteiger partial charge in [-0.2, -0.15) is 0 Å². The van der Waals surface area contributed by atoms with Gasteiger partial charge in [0.25, 0.3) is 0 Å². The van der Waals surface area contributed by atoms with E-state index in [2.05, 4.69) is 31.9 Å². The maximum atomic E-state index is 6.28. The van der Waals surface area contributed by atoms with Gasteiger partial charge in [0.2, 0.25) is 0 Å². The zero-order chi connectivity index (χ0) is 14.7. The van der Waals surface area contributed by atoms with Crippen LogP contribution in [0.5, 0.6) is 5.75 Å². The topological polar surface area (TPSA) is 35.2 Å². The number of benzene rings is 2. The van der Waals surface area contributed by atoms with E-state index in [1.54, 1.807) is 7.11 Å². The van der Waals surface area contributed by atoms with Crippen molar-refractivity contribution < 1.29 is 4.74 Å². The van der Waals surface area contributed by atoms with Crippen LogP contribution in [0.2, 0.25) is 5.02 Å². The summed E-state index contributed by atoms with van der Waals surface area (Å²) >= 11 is 13.1. The number of nitrogens with two attached hydrogens (primary N) is 1. The molecule has 0 saturated heterocycles. The first-order valence-corrected chi connectivity index (χ1v) is 8.00. The Morgan fingerprint density at radius 2 is 1.80 bits per heavy atom. The quantitative estimate of drug-likeness (QED) is 0.747. The van der Waals surface area contributed by atoms with Gasteiger partial charge in [-0.3, -0.25) is 0 Å². The Morgan fingerprint density at radius 1 is 1.15 bits per heavy atom. The Bertz CT molecular complexity index is 619. The second kappa shape index (κ2) is 6.94. The van der Waals surface area contributed by atoms with E-state index in [9.17, 15) is 0 Å². The Kier molecular flexibility index (Phi) is 5.49. The van der Waals surface area contributed by atoms with Crippen molar-refractivity contribution in [3.05, 3.63) is 61.5 Å². The minimum atomic E-state index is -0.182. The summed E-state index contributed by atoms with van der Waals surface area (Å²) in [6, 6.07) is 11.5. The van der Waals surface area contributed by atoms with E-state index in [4.69, 9.17) is 22.1 Å². The first-order chi connectivity index (χ1) is 9.51. The van der Waals surface area contributed by atoms with Crippen LogP contribution in [0.1, 0.15) is 17.2 Å². The smallest absolute Gasteiger partial charge is 0.122 e. The number of ether oxygens (including phenoxy) is 1. The molecule has 0 spiro atoms. The Labute approximate surface area is 140 Å². The lowest BCUT2D eigenvalue weighted by Crippen LogP contribution is -2.14. The largest absolute Gasteiger partial charge is 0.496 e. The standard InChI is InChI=1S/C15H14Br2ClNO/c1-20-15-5-3-10(16)6-9(15)7-14(19)12-4-2-11(17)8-13(12)18/h2-6,8,14H,7,19H2,1H3. The molecule has 2 aromatic rings. The first-order valence-electron chi connectivity index (χ1n) is 6.04. The van der Waals surface area contributed by atoms with Gasteiger partial charge < -0.3 is 10.5 Å². The highest BCUT2D eigenvalue weighted by atomic mass is 79.9. The molecule has 20 heavy (non-hydrogen) atoms. The summed E-state index contributed by atoms with van der Waals surface area (Å²) in [4.78, 5) is 0. The fourth-order valence-electron chi connectivity index (χ4n) is 2.06. The van der Waals surface area contributed by atoms with Crippen LogP contribution in [0.3, 0.4) is 0 Å². The molecule has 0 saturated carbocycles. The molecule has 0 bridgehead atoms. The SMILES string of the molecule is COc1ccc(Br)cc1CC(N)c1ccc(Br)cc1Cl. The van der Waals surface area contributed by atoms with Gasteiger partial charge in [-0.25, -0.2) is 0 Å². The summed E-state index contributed by atoms with van der Waals surface area (Å²) in [5, 5.41) is 0.667. The molecule has 2 rings (SSSR count). The van der Waals surface area contributed by atoms with Crippen molar-refractivity contribution in [3.8, 4) is 5.75 Å². The molecule has 0 amide bonds. The molecule has 0 radical (unpaired) electrons. The van der Waals surface area contributed by atoms with Gasteiger partial charge in [-0.15, -0.1) is 0 Å². The molecule has 0 aliphatic rings. The average Bonchev–Trinajstić information content (AvgIpc) is 2.38. The van der Waals surface area contributed by atoms with Gasteiger partial charge >= 0.3 is 0 Å². The summed E-state index contributed by atoms with van der Waals surface area (Å²) in [5.74, 6) is 0.830. The Hall–Kier alpha value is -0.550. The Balaban J connectivity index is 2.27. The summed E-state index contributed by atoms with van der Waals surface area (Å²) in [6.07, 6.45) is 0.657. The summed E-state index contributed by atoms with van der Waals surface area (Å²) in [5.41, 5.74) is 8.26. The maximum Gasteiger partial charge on any atom is 0.122 e. The number of halogens is 3. The van der Waals surface area contributed by atoms with Gasteiger partial charge in [-0.05, 0) is 47.9 Å². The first kappa shape index (κ1) is 15.8. The van der Waals surface area contributed by atoms with Gasteiger partial charge in [0.05, 0.1) is 7.11 Å². The molecule has 2 N–H and O–H groups in total. The molecular weight excluding hydrogens is 405 g/mol. The van der Waals surface area contributed by atoms with Gasteiger partial charge in [0.1, 0.15) is 5.75 Å². The van der Waals surface area contributed by atoms with Crippen molar-refractivity contribution in [2.24, 2.45) is 5.73 Å². The highest BCUT2D eigenvalue weighted by Crippen LogP contribution is 2.30. The summed E-state index contributed by atoms with van der Waals surface area (Å²) in [7, 11) is 1.66. The van der Waals surface area contributed by atoms with Crippen molar-refractivity contribution in [2.45, 2.75) is 12.5 Å². The molecule has 0 heterocycles.